The number of hydrogen-bond acceptors (Lipinski definition) is 4. The molecule has 0 amide bonds. The number of aryl methyl sites for hydroxylation is 1. The van der Waals surface area contributed by atoms with Crippen molar-refractivity contribution in [3.8, 4) is 0 Å². The van der Waals surface area contributed by atoms with Gasteiger partial charge in [-0.25, -0.2) is 0 Å². The molecule has 1 aliphatic rings. The van der Waals surface area contributed by atoms with Crippen LogP contribution in [0.2, 0.25) is 0 Å². The number of thioether (sulfide) groups is 1. The minimum absolute atomic E-state index is 0.901. The summed E-state index contributed by atoms with van der Waals surface area (Å²) in [5, 5.41) is 9.50. The molecule has 22 heavy (non-hydrogen) atoms. The van der Waals surface area contributed by atoms with E-state index in [2.05, 4.69) is 58.4 Å². The zero-order chi connectivity index (χ0) is 15.4. The second-order valence-corrected chi connectivity index (χ2v) is 6.24. The van der Waals surface area contributed by atoms with Crippen LogP contribution in [-0.2, 0) is 6.42 Å². The quantitative estimate of drug-likeness (QED) is 0.796. The van der Waals surface area contributed by atoms with Crippen LogP contribution >= 0.6 is 11.8 Å². The smallest absolute Gasteiger partial charge is 0.151 e. The number of nitrogens with zero attached hydrogens (tertiary/aromatic N) is 3. The lowest BCUT2D eigenvalue weighted by Gasteiger charge is -2.27. The molecule has 0 N–H and O–H groups in total. The molecule has 1 aliphatic heterocycles. The van der Waals surface area contributed by atoms with Crippen LogP contribution in [0.5, 0.6) is 0 Å². The molecule has 1 aromatic heterocycles. The minimum atomic E-state index is 0.901. The lowest BCUT2D eigenvalue weighted by atomic mass is 9.98. The fourth-order valence-corrected chi connectivity index (χ4v) is 3.01. The molecule has 3 rings (SSSR count). The maximum absolute atomic E-state index is 4.32. The van der Waals surface area contributed by atoms with Crippen molar-refractivity contribution in [2.75, 3.05) is 24.2 Å². The first-order chi connectivity index (χ1) is 10.8. The Labute approximate surface area is 136 Å². The van der Waals surface area contributed by atoms with Crippen LogP contribution in [0, 0.1) is 0 Å². The third-order valence-electron chi connectivity index (χ3n) is 4.10. The van der Waals surface area contributed by atoms with Gasteiger partial charge in [-0.2, -0.15) is 0 Å². The van der Waals surface area contributed by atoms with Crippen LogP contribution in [0.4, 0.5) is 5.82 Å². The monoisotopic (exact) mass is 311 g/mol. The molecule has 0 radical (unpaired) electrons. The van der Waals surface area contributed by atoms with Crippen molar-refractivity contribution in [1.29, 1.82) is 0 Å². The molecule has 2 heterocycles. The van der Waals surface area contributed by atoms with Crippen LogP contribution in [-0.4, -0.2) is 29.5 Å². The minimum Gasteiger partial charge on any atom is -0.351 e. The molecular formula is C18H21N3S. The Kier molecular flexibility index (Phi) is 4.78. The SMILES string of the molecule is CCc1ccc(C2=CCN(c3ccc(SC)nn3)CC2)cc1. The molecule has 3 nitrogen and oxygen atoms in total. The summed E-state index contributed by atoms with van der Waals surface area (Å²) in [7, 11) is 0. The van der Waals surface area contributed by atoms with E-state index in [1.165, 1.54) is 16.7 Å². The third kappa shape index (κ3) is 3.33. The lowest BCUT2D eigenvalue weighted by molar-refractivity contribution is 0.788. The van der Waals surface area contributed by atoms with E-state index in [0.29, 0.717) is 0 Å². The van der Waals surface area contributed by atoms with E-state index in [4.69, 9.17) is 0 Å². The van der Waals surface area contributed by atoms with Crippen molar-refractivity contribution in [2.24, 2.45) is 0 Å². The Bertz CT molecular complexity index is 647. The first-order valence-corrected chi connectivity index (χ1v) is 8.93. The average molecular weight is 311 g/mol. The predicted molar refractivity (Wildman–Crippen MR) is 94.4 cm³/mol. The highest BCUT2D eigenvalue weighted by atomic mass is 32.2. The van der Waals surface area contributed by atoms with Gasteiger partial charge in [0.05, 0.1) is 0 Å². The zero-order valence-corrected chi connectivity index (χ0v) is 13.9. The molecule has 4 heteroatoms. The van der Waals surface area contributed by atoms with Gasteiger partial charge in [0, 0.05) is 13.1 Å². The molecule has 1 aromatic carbocycles. The Hall–Kier alpha value is -1.81. The largest absolute Gasteiger partial charge is 0.351 e. The first-order valence-electron chi connectivity index (χ1n) is 7.71. The molecule has 0 atom stereocenters. The van der Waals surface area contributed by atoms with Crippen molar-refractivity contribution < 1.29 is 0 Å². The number of benzene rings is 1. The van der Waals surface area contributed by atoms with Crippen LogP contribution < -0.4 is 4.90 Å². The van der Waals surface area contributed by atoms with Gasteiger partial charge in [0.25, 0.3) is 0 Å². The topological polar surface area (TPSA) is 29.0 Å². The Balaban J connectivity index is 1.70. The molecule has 0 unspecified atom stereocenters. The summed E-state index contributed by atoms with van der Waals surface area (Å²) in [4.78, 5) is 2.28. The highest BCUT2D eigenvalue weighted by molar-refractivity contribution is 7.98. The van der Waals surface area contributed by atoms with E-state index in [-0.39, 0.29) is 0 Å². The van der Waals surface area contributed by atoms with Crippen molar-refractivity contribution >= 4 is 23.2 Å². The Morgan fingerprint density at radius 1 is 1.09 bits per heavy atom. The predicted octanol–water partition coefficient (Wildman–Crippen LogP) is 4.05. The van der Waals surface area contributed by atoms with Gasteiger partial charge < -0.3 is 4.90 Å². The van der Waals surface area contributed by atoms with Gasteiger partial charge >= 0.3 is 0 Å². The summed E-state index contributed by atoms with van der Waals surface area (Å²) in [6, 6.07) is 13.1. The fourth-order valence-electron chi connectivity index (χ4n) is 2.68. The summed E-state index contributed by atoms with van der Waals surface area (Å²) in [6.45, 7) is 4.09. The summed E-state index contributed by atoms with van der Waals surface area (Å²) in [5.74, 6) is 0.967. The molecule has 0 bridgehead atoms. The zero-order valence-electron chi connectivity index (χ0n) is 13.1. The Morgan fingerprint density at radius 2 is 1.91 bits per heavy atom. The van der Waals surface area contributed by atoms with Crippen molar-refractivity contribution in [3.05, 3.63) is 53.6 Å². The second kappa shape index (κ2) is 6.97. The average Bonchev–Trinajstić information content (AvgIpc) is 2.62. The van der Waals surface area contributed by atoms with E-state index in [1.807, 2.05) is 12.3 Å². The van der Waals surface area contributed by atoms with Crippen molar-refractivity contribution in [1.82, 2.24) is 10.2 Å². The molecular weight excluding hydrogens is 290 g/mol. The van der Waals surface area contributed by atoms with Crippen LogP contribution in [0.15, 0.2) is 47.5 Å². The molecule has 0 saturated carbocycles. The van der Waals surface area contributed by atoms with Crippen molar-refractivity contribution in [2.45, 2.75) is 24.8 Å². The molecule has 0 aliphatic carbocycles. The van der Waals surface area contributed by atoms with Gasteiger partial charge in [0.15, 0.2) is 5.82 Å². The highest BCUT2D eigenvalue weighted by Gasteiger charge is 2.14. The second-order valence-electron chi connectivity index (χ2n) is 5.41. The van der Waals surface area contributed by atoms with E-state index < -0.39 is 0 Å². The van der Waals surface area contributed by atoms with Crippen LogP contribution in [0.25, 0.3) is 5.57 Å². The molecule has 0 saturated heterocycles. The lowest BCUT2D eigenvalue weighted by Crippen LogP contribution is -2.29. The Morgan fingerprint density at radius 3 is 2.45 bits per heavy atom. The van der Waals surface area contributed by atoms with Gasteiger partial charge in [0.1, 0.15) is 5.03 Å². The fraction of sp³-hybridized carbons (Fsp3) is 0.333. The van der Waals surface area contributed by atoms with Gasteiger partial charge in [-0.1, -0.05) is 37.3 Å². The van der Waals surface area contributed by atoms with Crippen LogP contribution in [0.1, 0.15) is 24.5 Å². The van der Waals surface area contributed by atoms with Gasteiger partial charge in [-0.15, -0.1) is 22.0 Å². The third-order valence-corrected chi connectivity index (χ3v) is 4.74. The highest BCUT2D eigenvalue weighted by Crippen LogP contribution is 2.25. The molecule has 0 fully saturated rings. The standard InChI is InChI=1S/C18H21N3S/c1-3-14-4-6-15(7-5-14)16-10-12-21(13-11-16)17-8-9-18(22-2)20-19-17/h4-10H,3,11-13H2,1-2H3. The summed E-state index contributed by atoms with van der Waals surface area (Å²) >= 11 is 1.62. The van der Waals surface area contributed by atoms with E-state index >= 15 is 0 Å². The van der Waals surface area contributed by atoms with E-state index in [1.54, 1.807) is 11.8 Å². The number of anilines is 1. The summed E-state index contributed by atoms with van der Waals surface area (Å²) in [6.07, 6.45) is 6.48. The molecule has 114 valence electrons. The van der Waals surface area contributed by atoms with Gasteiger partial charge in [-0.05, 0) is 47.9 Å². The normalized spacial score (nSPS) is 14.8. The number of hydrogen-bond donors (Lipinski definition) is 0. The van der Waals surface area contributed by atoms with Crippen molar-refractivity contribution in [3.63, 3.8) is 0 Å². The first kappa shape index (κ1) is 15.1. The van der Waals surface area contributed by atoms with Crippen LogP contribution in [0.3, 0.4) is 0 Å². The van der Waals surface area contributed by atoms with Gasteiger partial charge in [0.2, 0.25) is 0 Å². The van der Waals surface area contributed by atoms with E-state index in [0.717, 1.165) is 36.8 Å². The number of rotatable bonds is 4. The summed E-state index contributed by atoms with van der Waals surface area (Å²) in [5.41, 5.74) is 4.18. The number of aromatic nitrogens is 2. The maximum atomic E-state index is 4.32. The van der Waals surface area contributed by atoms with E-state index in [9.17, 15) is 0 Å². The van der Waals surface area contributed by atoms with Gasteiger partial charge in [-0.3, -0.25) is 0 Å². The maximum Gasteiger partial charge on any atom is 0.151 e. The molecule has 2 aromatic rings. The summed E-state index contributed by atoms with van der Waals surface area (Å²) < 4.78 is 0. The molecule has 0 spiro atoms.